The third kappa shape index (κ3) is 4.52. The molecule has 1 unspecified atom stereocenters. The molecule has 1 amide bonds. The number of hydrogen-bond acceptors (Lipinski definition) is 5. The maximum atomic E-state index is 15.5. The lowest BCUT2D eigenvalue weighted by Gasteiger charge is -2.38. The van der Waals surface area contributed by atoms with Gasteiger partial charge in [0.2, 0.25) is 11.6 Å². The van der Waals surface area contributed by atoms with Crippen molar-refractivity contribution in [2.24, 2.45) is 0 Å². The van der Waals surface area contributed by atoms with E-state index in [1.54, 1.807) is 0 Å². The summed E-state index contributed by atoms with van der Waals surface area (Å²) in [5, 5.41) is 5.35. The molecule has 180 valence electrons. The van der Waals surface area contributed by atoms with Crippen molar-refractivity contribution in [3.8, 4) is 0 Å². The zero-order chi connectivity index (χ0) is 24.5. The molecule has 0 saturated heterocycles. The first-order valence-corrected chi connectivity index (χ1v) is 10.5. The van der Waals surface area contributed by atoms with Crippen molar-refractivity contribution in [3.63, 3.8) is 0 Å². The molecule has 1 aromatic heterocycles. The molecule has 1 aromatic carbocycles. The van der Waals surface area contributed by atoms with Gasteiger partial charge in [-0.25, -0.2) is 31.9 Å². The van der Waals surface area contributed by atoms with Crippen molar-refractivity contribution in [1.29, 1.82) is 0 Å². The third-order valence-corrected chi connectivity index (χ3v) is 5.94. The number of methoxy groups -OCH3 is 1. The fraction of sp³-hybridized carbons (Fsp3) is 0.348. The Morgan fingerprint density at radius 1 is 1.15 bits per heavy atom. The van der Waals surface area contributed by atoms with E-state index in [0.717, 1.165) is 31.4 Å². The maximum absolute atomic E-state index is 15.5. The van der Waals surface area contributed by atoms with Crippen molar-refractivity contribution in [3.05, 3.63) is 77.2 Å². The van der Waals surface area contributed by atoms with Gasteiger partial charge in [-0.05, 0) is 37.1 Å². The third-order valence-electron chi connectivity index (χ3n) is 5.94. The number of carbonyl (C=O) groups is 1. The summed E-state index contributed by atoms with van der Waals surface area (Å²) in [6, 6.07) is 1.96. The summed E-state index contributed by atoms with van der Waals surface area (Å²) >= 11 is 0. The van der Waals surface area contributed by atoms with Gasteiger partial charge in [-0.3, -0.25) is 4.79 Å². The number of alkyl halides is 2. The summed E-state index contributed by atoms with van der Waals surface area (Å²) in [5.41, 5.74) is -2.73. The largest absolute Gasteiger partial charge is 0.349 e. The highest BCUT2D eigenvalue weighted by Crippen LogP contribution is 2.41. The zero-order valence-corrected chi connectivity index (χ0v) is 18.0. The summed E-state index contributed by atoms with van der Waals surface area (Å²) in [4.78, 5) is 20.9. The van der Waals surface area contributed by atoms with E-state index < -0.39 is 46.6 Å². The lowest BCUT2D eigenvalue weighted by Crippen LogP contribution is -2.48. The van der Waals surface area contributed by atoms with Crippen LogP contribution in [-0.2, 0) is 15.3 Å². The molecule has 1 atom stereocenters. The minimum absolute atomic E-state index is 0.00819. The maximum Gasteiger partial charge on any atom is 0.253 e. The van der Waals surface area contributed by atoms with E-state index in [2.05, 4.69) is 20.6 Å². The first kappa shape index (κ1) is 23.8. The van der Waals surface area contributed by atoms with Gasteiger partial charge in [0.15, 0.2) is 5.83 Å². The highest BCUT2D eigenvalue weighted by molar-refractivity contribution is 6.04. The molecule has 2 N–H and O–H groups in total. The Bertz CT molecular complexity index is 1150. The highest BCUT2D eigenvalue weighted by atomic mass is 19.3. The monoisotopic (exact) mass is 480 g/mol. The van der Waals surface area contributed by atoms with E-state index in [9.17, 15) is 22.4 Å². The van der Waals surface area contributed by atoms with E-state index in [4.69, 9.17) is 4.74 Å². The number of ether oxygens (including phenoxy) is 1. The first-order valence-electron chi connectivity index (χ1n) is 10.5. The van der Waals surface area contributed by atoms with Crippen molar-refractivity contribution in [2.75, 3.05) is 7.11 Å². The normalized spacial score (nSPS) is 22.7. The van der Waals surface area contributed by atoms with Crippen LogP contribution in [0.25, 0.3) is 5.70 Å². The zero-order valence-electron chi connectivity index (χ0n) is 18.0. The summed E-state index contributed by atoms with van der Waals surface area (Å²) in [5.74, 6) is -6.40. The van der Waals surface area contributed by atoms with Gasteiger partial charge >= 0.3 is 0 Å². The van der Waals surface area contributed by atoms with Crippen LogP contribution in [0.15, 0.2) is 54.4 Å². The van der Waals surface area contributed by atoms with E-state index in [0.29, 0.717) is 0 Å². The van der Waals surface area contributed by atoms with Gasteiger partial charge < -0.3 is 15.4 Å². The van der Waals surface area contributed by atoms with Crippen molar-refractivity contribution in [1.82, 2.24) is 20.6 Å². The SMILES string of the molecule is COC1(c2cc(F)ccc2F)NC(c2cncnc2)=C(C(=O)NC2CCC(F)(F)CC2)C=C1F. The van der Waals surface area contributed by atoms with Crippen LogP contribution in [0.3, 0.4) is 0 Å². The fourth-order valence-electron chi connectivity index (χ4n) is 4.11. The van der Waals surface area contributed by atoms with Crippen molar-refractivity contribution in [2.45, 2.75) is 43.4 Å². The lowest BCUT2D eigenvalue weighted by molar-refractivity contribution is -0.119. The summed E-state index contributed by atoms with van der Waals surface area (Å²) in [7, 11) is 1.09. The van der Waals surface area contributed by atoms with Gasteiger partial charge in [0.1, 0.15) is 18.0 Å². The molecular formula is C23H21F5N4O2. The Morgan fingerprint density at radius 3 is 2.47 bits per heavy atom. The van der Waals surface area contributed by atoms with Crippen molar-refractivity contribution < 1.29 is 31.5 Å². The number of rotatable bonds is 5. The molecule has 0 bridgehead atoms. The predicted molar refractivity (Wildman–Crippen MR) is 112 cm³/mol. The molecule has 1 fully saturated rings. The topological polar surface area (TPSA) is 76.1 Å². The molecule has 2 aliphatic rings. The van der Waals surface area contributed by atoms with Crippen LogP contribution < -0.4 is 10.6 Å². The van der Waals surface area contributed by atoms with Gasteiger partial charge in [-0.15, -0.1) is 0 Å². The first-order chi connectivity index (χ1) is 16.1. The van der Waals surface area contributed by atoms with Gasteiger partial charge in [0, 0.05) is 44.0 Å². The molecule has 2 aromatic rings. The number of nitrogens with zero attached hydrogens (tertiary/aromatic N) is 2. The molecule has 1 saturated carbocycles. The standard InChI is InChI=1S/C23H21F5N4O2/c1-34-23(17-8-14(24)2-3-18(17)25)19(26)9-16(20(32-23)13-10-29-12-30-11-13)21(33)31-15-4-6-22(27,28)7-5-15/h2-3,8-12,15,32H,4-7H2,1H3,(H,31,33). The Labute approximate surface area is 191 Å². The Morgan fingerprint density at radius 2 is 1.82 bits per heavy atom. The molecule has 0 spiro atoms. The van der Waals surface area contributed by atoms with Gasteiger partial charge in [0.05, 0.1) is 16.8 Å². The highest BCUT2D eigenvalue weighted by Gasteiger charge is 2.45. The number of carbonyl (C=O) groups excluding carboxylic acids is 1. The van der Waals surface area contributed by atoms with Gasteiger partial charge in [-0.1, -0.05) is 0 Å². The van der Waals surface area contributed by atoms with Gasteiger partial charge in [0.25, 0.3) is 5.91 Å². The van der Waals surface area contributed by atoms with Crippen LogP contribution in [0.1, 0.15) is 36.8 Å². The number of nitrogens with one attached hydrogen (secondary N) is 2. The summed E-state index contributed by atoms with van der Waals surface area (Å²) in [6.07, 6.45) is 4.14. The second-order valence-electron chi connectivity index (χ2n) is 8.15. The molecular weight excluding hydrogens is 459 g/mol. The smallest absolute Gasteiger partial charge is 0.253 e. The molecule has 34 heavy (non-hydrogen) atoms. The van der Waals surface area contributed by atoms with Crippen molar-refractivity contribution >= 4 is 11.6 Å². The number of hydrogen-bond donors (Lipinski definition) is 2. The number of halogens is 5. The molecule has 1 aliphatic heterocycles. The molecule has 2 heterocycles. The minimum atomic E-state index is -2.78. The minimum Gasteiger partial charge on any atom is -0.349 e. The summed E-state index contributed by atoms with van der Waals surface area (Å²) < 4.78 is 76.4. The van der Waals surface area contributed by atoms with Crippen LogP contribution in [-0.4, -0.2) is 34.9 Å². The van der Waals surface area contributed by atoms with E-state index >= 15 is 4.39 Å². The lowest BCUT2D eigenvalue weighted by atomic mass is 9.90. The number of amides is 1. The molecule has 1 aliphatic carbocycles. The average Bonchev–Trinajstić information content (AvgIpc) is 2.82. The quantitative estimate of drug-likeness (QED) is 0.630. The molecule has 0 radical (unpaired) electrons. The Balaban J connectivity index is 1.75. The van der Waals surface area contributed by atoms with E-state index in [1.165, 1.54) is 18.7 Å². The molecule has 4 rings (SSSR count). The number of benzene rings is 1. The van der Waals surface area contributed by atoms with Crippen LogP contribution in [0.4, 0.5) is 22.0 Å². The Kier molecular flexibility index (Phi) is 6.39. The van der Waals surface area contributed by atoms with E-state index in [-0.39, 0.29) is 42.5 Å². The van der Waals surface area contributed by atoms with E-state index in [1.807, 2.05) is 0 Å². The average molecular weight is 480 g/mol. The van der Waals surface area contributed by atoms with Crippen LogP contribution in [0.2, 0.25) is 0 Å². The number of aromatic nitrogens is 2. The molecule has 6 nitrogen and oxygen atoms in total. The second-order valence-corrected chi connectivity index (χ2v) is 8.15. The fourth-order valence-corrected chi connectivity index (χ4v) is 4.11. The van der Waals surface area contributed by atoms with Crippen LogP contribution in [0, 0.1) is 11.6 Å². The Hall–Kier alpha value is -3.34. The van der Waals surface area contributed by atoms with Gasteiger partial charge in [-0.2, -0.15) is 0 Å². The van der Waals surface area contributed by atoms with Crippen LogP contribution >= 0.6 is 0 Å². The molecule has 11 heteroatoms. The second kappa shape index (κ2) is 9.13. The predicted octanol–water partition coefficient (Wildman–Crippen LogP) is 4.12. The number of dihydropyridines is 1. The summed E-state index contributed by atoms with van der Waals surface area (Å²) in [6.45, 7) is 0. The van der Waals surface area contributed by atoms with Crippen LogP contribution in [0.5, 0.6) is 0 Å².